The fraction of sp³-hybridized carbons (Fsp3) is 0.105. The first-order valence-electron chi connectivity index (χ1n) is 7.37. The zero-order valence-electron chi connectivity index (χ0n) is 12.8. The predicted molar refractivity (Wildman–Crippen MR) is 93.0 cm³/mol. The summed E-state index contributed by atoms with van der Waals surface area (Å²) in [6, 6.07) is 20.9. The Kier molecular flexibility index (Phi) is 4.15. The fourth-order valence-corrected chi connectivity index (χ4v) is 2.56. The Morgan fingerprint density at radius 3 is 2.43 bits per heavy atom. The highest BCUT2D eigenvalue weighted by Gasteiger charge is 2.05. The number of non-ortho nitro benzene ring substituents is 1. The number of hydrogen-bond acceptors (Lipinski definition) is 3. The second-order valence-electron chi connectivity index (χ2n) is 5.35. The van der Waals surface area contributed by atoms with Gasteiger partial charge in [-0.2, -0.15) is 0 Å². The molecule has 3 rings (SSSR count). The maximum Gasteiger partial charge on any atom is 0.269 e. The first kappa shape index (κ1) is 14.9. The molecule has 0 saturated carbocycles. The molecule has 0 N–H and O–H groups in total. The second-order valence-corrected chi connectivity index (χ2v) is 5.35. The van der Waals surface area contributed by atoms with E-state index in [9.17, 15) is 10.1 Å². The first-order chi connectivity index (χ1) is 11.1. The molecular formula is C19H16N2O2. The monoisotopic (exact) mass is 304 g/mol. The number of nitro groups is 1. The minimum absolute atomic E-state index is 0.100. The highest BCUT2D eigenvalue weighted by atomic mass is 16.6. The van der Waals surface area contributed by atoms with Gasteiger partial charge in [-0.05, 0) is 23.3 Å². The Morgan fingerprint density at radius 2 is 1.70 bits per heavy atom. The molecule has 0 aliphatic heterocycles. The molecule has 0 unspecified atom stereocenters. The Balaban J connectivity index is 1.85. The van der Waals surface area contributed by atoms with Gasteiger partial charge in [0.1, 0.15) is 0 Å². The average Bonchev–Trinajstić information content (AvgIpc) is 2.59. The van der Waals surface area contributed by atoms with E-state index in [1.807, 2.05) is 25.1 Å². The quantitative estimate of drug-likeness (QED) is 0.396. The number of rotatable bonds is 4. The van der Waals surface area contributed by atoms with Crippen molar-refractivity contribution >= 4 is 22.2 Å². The van der Waals surface area contributed by atoms with E-state index in [-0.39, 0.29) is 5.69 Å². The van der Waals surface area contributed by atoms with Gasteiger partial charge < -0.3 is 0 Å². The summed E-state index contributed by atoms with van der Waals surface area (Å²) >= 11 is 0. The lowest BCUT2D eigenvalue weighted by atomic mass is 10.0. The van der Waals surface area contributed by atoms with Crippen LogP contribution in [0.5, 0.6) is 0 Å². The van der Waals surface area contributed by atoms with Gasteiger partial charge in [0.2, 0.25) is 0 Å². The molecule has 0 aliphatic carbocycles. The van der Waals surface area contributed by atoms with Crippen molar-refractivity contribution in [3.8, 4) is 0 Å². The standard InChI is InChI=1S/C19H16N2O2/c1-14(18-8-4-6-16-5-2-3-7-19(16)18)20-13-15-9-11-17(12-10-15)21(22)23/h2-12H,13H2,1H3. The summed E-state index contributed by atoms with van der Waals surface area (Å²) in [4.78, 5) is 14.9. The topological polar surface area (TPSA) is 55.5 Å². The molecule has 3 aromatic rings. The molecule has 0 bridgehead atoms. The third kappa shape index (κ3) is 3.26. The van der Waals surface area contributed by atoms with E-state index in [1.54, 1.807) is 12.1 Å². The summed E-state index contributed by atoms with van der Waals surface area (Å²) in [5, 5.41) is 13.0. The number of nitrogens with zero attached hydrogens (tertiary/aromatic N) is 2. The summed E-state index contributed by atoms with van der Waals surface area (Å²) in [5.74, 6) is 0. The van der Waals surface area contributed by atoms with Crippen LogP contribution in [0.4, 0.5) is 5.69 Å². The lowest BCUT2D eigenvalue weighted by molar-refractivity contribution is -0.384. The Hall–Kier alpha value is -3.01. The van der Waals surface area contributed by atoms with Crippen LogP contribution in [0.15, 0.2) is 71.7 Å². The van der Waals surface area contributed by atoms with Crippen LogP contribution in [0.3, 0.4) is 0 Å². The van der Waals surface area contributed by atoms with Gasteiger partial charge in [-0.1, -0.05) is 54.6 Å². The SMILES string of the molecule is CC(=NCc1ccc([N+](=O)[O-])cc1)c1cccc2ccccc12. The van der Waals surface area contributed by atoms with Crippen molar-refractivity contribution in [2.24, 2.45) is 4.99 Å². The van der Waals surface area contributed by atoms with Gasteiger partial charge in [-0.15, -0.1) is 0 Å². The molecule has 0 radical (unpaired) electrons. The first-order valence-corrected chi connectivity index (χ1v) is 7.37. The maximum atomic E-state index is 10.7. The highest BCUT2D eigenvalue weighted by Crippen LogP contribution is 2.20. The van der Waals surface area contributed by atoms with Gasteiger partial charge in [-0.3, -0.25) is 15.1 Å². The minimum atomic E-state index is -0.394. The summed E-state index contributed by atoms with van der Waals surface area (Å²) in [6.45, 7) is 2.50. The number of fused-ring (bicyclic) bond motifs is 1. The van der Waals surface area contributed by atoms with Crippen LogP contribution in [0.2, 0.25) is 0 Å². The van der Waals surface area contributed by atoms with Crippen LogP contribution in [0.25, 0.3) is 10.8 Å². The fourth-order valence-electron chi connectivity index (χ4n) is 2.56. The van der Waals surface area contributed by atoms with E-state index in [0.29, 0.717) is 6.54 Å². The van der Waals surface area contributed by atoms with Crippen molar-refractivity contribution < 1.29 is 4.92 Å². The van der Waals surface area contributed by atoms with Crippen LogP contribution < -0.4 is 0 Å². The van der Waals surface area contributed by atoms with Gasteiger partial charge in [0, 0.05) is 23.4 Å². The number of aliphatic imine (C=N–C) groups is 1. The Bertz CT molecular complexity index is 878. The molecule has 4 heteroatoms. The average molecular weight is 304 g/mol. The largest absolute Gasteiger partial charge is 0.285 e. The highest BCUT2D eigenvalue weighted by molar-refractivity contribution is 6.09. The molecule has 0 amide bonds. The van der Waals surface area contributed by atoms with Crippen molar-refractivity contribution in [3.63, 3.8) is 0 Å². The summed E-state index contributed by atoms with van der Waals surface area (Å²) in [6.07, 6.45) is 0. The van der Waals surface area contributed by atoms with Gasteiger partial charge in [-0.25, -0.2) is 0 Å². The molecule has 4 nitrogen and oxygen atoms in total. The molecule has 0 spiro atoms. The summed E-state index contributed by atoms with van der Waals surface area (Å²) < 4.78 is 0. The summed E-state index contributed by atoms with van der Waals surface area (Å²) in [5.41, 5.74) is 3.13. The molecule has 0 heterocycles. The molecule has 0 aromatic heterocycles. The van der Waals surface area contributed by atoms with Crippen molar-refractivity contribution in [2.45, 2.75) is 13.5 Å². The Labute approximate surface area is 134 Å². The van der Waals surface area contributed by atoms with Crippen molar-refractivity contribution in [1.29, 1.82) is 0 Å². The predicted octanol–water partition coefficient (Wildman–Crippen LogP) is 4.76. The smallest absolute Gasteiger partial charge is 0.269 e. The zero-order valence-corrected chi connectivity index (χ0v) is 12.8. The summed E-state index contributed by atoms with van der Waals surface area (Å²) in [7, 11) is 0. The van der Waals surface area contributed by atoms with Crippen molar-refractivity contribution in [1.82, 2.24) is 0 Å². The third-order valence-corrected chi connectivity index (χ3v) is 3.83. The third-order valence-electron chi connectivity index (χ3n) is 3.83. The molecular weight excluding hydrogens is 288 g/mol. The van der Waals surface area contributed by atoms with E-state index in [0.717, 1.165) is 16.8 Å². The maximum absolute atomic E-state index is 10.7. The zero-order chi connectivity index (χ0) is 16.2. The van der Waals surface area contributed by atoms with Crippen LogP contribution in [-0.4, -0.2) is 10.6 Å². The van der Waals surface area contributed by atoms with Gasteiger partial charge in [0.25, 0.3) is 5.69 Å². The Morgan fingerprint density at radius 1 is 1.00 bits per heavy atom. The molecule has 23 heavy (non-hydrogen) atoms. The van der Waals surface area contributed by atoms with Crippen molar-refractivity contribution in [2.75, 3.05) is 0 Å². The van der Waals surface area contributed by atoms with E-state index in [1.165, 1.54) is 22.9 Å². The van der Waals surface area contributed by atoms with E-state index in [2.05, 4.69) is 29.3 Å². The van der Waals surface area contributed by atoms with Gasteiger partial charge in [0.15, 0.2) is 0 Å². The second kappa shape index (κ2) is 6.40. The van der Waals surface area contributed by atoms with Gasteiger partial charge >= 0.3 is 0 Å². The van der Waals surface area contributed by atoms with Crippen molar-refractivity contribution in [3.05, 3.63) is 88.0 Å². The van der Waals surface area contributed by atoms with Crippen LogP contribution >= 0.6 is 0 Å². The number of hydrogen-bond donors (Lipinski definition) is 0. The van der Waals surface area contributed by atoms with Crippen LogP contribution in [-0.2, 0) is 6.54 Å². The molecule has 0 fully saturated rings. The van der Waals surface area contributed by atoms with E-state index < -0.39 is 4.92 Å². The normalized spacial score (nSPS) is 11.6. The molecule has 114 valence electrons. The molecule has 0 saturated heterocycles. The minimum Gasteiger partial charge on any atom is -0.285 e. The van der Waals surface area contributed by atoms with Gasteiger partial charge in [0.05, 0.1) is 11.5 Å². The van der Waals surface area contributed by atoms with E-state index >= 15 is 0 Å². The van der Waals surface area contributed by atoms with Crippen LogP contribution in [0, 0.1) is 10.1 Å². The number of benzene rings is 3. The molecule has 0 aliphatic rings. The number of nitro benzene ring substituents is 1. The lowest BCUT2D eigenvalue weighted by Gasteiger charge is -2.06. The molecule has 3 aromatic carbocycles. The molecule has 0 atom stereocenters. The van der Waals surface area contributed by atoms with E-state index in [4.69, 9.17) is 0 Å². The van der Waals surface area contributed by atoms with Crippen LogP contribution in [0.1, 0.15) is 18.1 Å². The lowest BCUT2D eigenvalue weighted by Crippen LogP contribution is -1.97.